The summed E-state index contributed by atoms with van der Waals surface area (Å²) < 4.78 is 5.75. The van der Waals surface area contributed by atoms with Crippen molar-refractivity contribution in [2.75, 3.05) is 11.9 Å². The van der Waals surface area contributed by atoms with Gasteiger partial charge in [0.15, 0.2) is 6.61 Å². The van der Waals surface area contributed by atoms with E-state index in [2.05, 4.69) is 15.3 Å². The van der Waals surface area contributed by atoms with E-state index in [0.717, 1.165) is 39.9 Å². The lowest BCUT2D eigenvalue weighted by atomic mass is 10.1. The van der Waals surface area contributed by atoms with Gasteiger partial charge in [0, 0.05) is 10.6 Å². The summed E-state index contributed by atoms with van der Waals surface area (Å²) in [5, 5.41) is 3.90. The second-order valence-electron chi connectivity index (χ2n) is 6.37. The van der Waals surface area contributed by atoms with Crippen LogP contribution in [0.3, 0.4) is 0 Å². The Morgan fingerprint density at radius 2 is 2.16 bits per heavy atom. The number of fused-ring (bicyclic) bond motifs is 3. The van der Waals surface area contributed by atoms with Crippen molar-refractivity contribution >= 4 is 33.1 Å². The number of ether oxygens (including phenoxy) is 1. The average Bonchev–Trinajstić information content (AvgIpc) is 3.17. The maximum atomic E-state index is 12.3. The molecule has 0 fully saturated rings. The van der Waals surface area contributed by atoms with Gasteiger partial charge in [-0.1, -0.05) is 12.1 Å². The summed E-state index contributed by atoms with van der Waals surface area (Å²) >= 11 is 1.71. The van der Waals surface area contributed by atoms with Crippen molar-refractivity contribution < 1.29 is 9.53 Å². The van der Waals surface area contributed by atoms with Crippen LogP contribution in [0.2, 0.25) is 0 Å². The predicted octanol–water partition coefficient (Wildman–Crippen LogP) is 3.81. The van der Waals surface area contributed by atoms with E-state index in [9.17, 15) is 4.79 Å². The first-order valence-electron chi connectivity index (χ1n) is 8.37. The Morgan fingerprint density at radius 3 is 3.04 bits per heavy atom. The molecule has 0 saturated heterocycles. The molecule has 0 unspecified atom stereocenters. The number of aryl methyl sites for hydroxylation is 4. The Labute approximate surface area is 150 Å². The van der Waals surface area contributed by atoms with Crippen LogP contribution in [0.4, 0.5) is 5.69 Å². The van der Waals surface area contributed by atoms with Crippen molar-refractivity contribution in [1.29, 1.82) is 0 Å². The van der Waals surface area contributed by atoms with Crippen molar-refractivity contribution in [3.8, 4) is 5.88 Å². The highest BCUT2D eigenvalue weighted by atomic mass is 32.1. The van der Waals surface area contributed by atoms with Crippen molar-refractivity contribution in [3.63, 3.8) is 0 Å². The first-order valence-corrected chi connectivity index (χ1v) is 9.18. The van der Waals surface area contributed by atoms with Crippen LogP contribution in [0, 0.1) is 13.8 Å². The predicted molar refractivity (Wildman–Crippen MR) is 99.5 cm³/mol. The molecule has 5 nitrogen and oxygen atoms in total. The third kappa shape index (κ3) is 3.09. The van der Waals surface area contributed by atoms with Crippen LogP contribution in [0.1, 0.15) is 28.0 Å². The van der Waals surface area contributed by atoms with Crippen LogP contribution >= 0.6 is 11.3 Å². The standard InChI is InChI=1S/C19H19N3O2S/c1-11-6-7-12(2)14(8-11)22-16(23)9-24-18-17-13-4-3-5-15(13)25-19(17)21-10-20-18/h6-8,10H,3-5,9H2,1-2H3,(H,22,23). The van der Waals surface area contributed by atoms with Crippen LogP contribution in [0.15, 0.2) is 24.5 Å². The molecule has 0 saturated carbocycles. The summed E-state index contributed by atoms with van der Waals surface area (Å²) in [5.74, 6) is 0.327. The molecular weight excluding hydrogens is 334 g/mol. The Kier molecular flexibility index (Phi) is 4.13. The van der Waals surface area contributed by atoms with Crippen LogP contribution in [0.25, 0.3) is 10.2 Å². The third-order valence-electron chi connectivity index (χ3n) is 4.47. The minimum Gasteiger partial charge on any atom is -0.467 e. The van der Waals surface area contributed by atoms with Gasteiger partial charge in [-0.2, -0.15) is 0 Å². The van der Waals surface area contributed by atoms with Crippen molar-refractivity contribution in [2.45, 2.75) is 33.1 Å². The molecule has 1 aliphatic carbocycles. The van der Waals surface area contributed by atoms with E-state index in [1.807, 2.05) is 32.0 Å². The molecule has 1 aromatic carbocycles. The fraction of sp³-hybridized carbons (Fsp3) is 0.316. The number of carbonyl (C=O) groups excluding carboxylic acids is 1. The van der Waals surface area contributed by atoms with Gasteiger partial charge in [0.05, 0.1) is 5.39 Å². The Hall–Kier alpha value is -2.47. The Bertz CT molecular complexity index is 965. The SMILES string of the molecule is Cc1ccc(C)c(NC(=O)COc2ncnc3sc4c(c23)CCC4)c1. The van der Waals surface area contributed by atoms with Gasteiger partial charge in [0.25, 0.3) is 5.91 Å². The van der Waals surface area contributed by atoms with Crippen LogP contribution < -0.4 is 10.1 Å². The number of hydrogen-bond donors (Lipinski definition) is 1. The van der Waals surface area contributed by atoms with Crippen molar-refractivity contribution in [1.82, 2.24) is 9.97 Å². The fourth-order valence-electron chi connectivity index (χ4n) is 3.20. The molecule has 6 heteroatoms. The molecule has 0 bridgehead atoms. The zero-order chi connectivity index (χ0) is 17.4. The molecule has 1 amide bonds. The molecule has 128 valence electrons. The number of benzene rings is 1. The number of nitrogens with one attached hydrogen (secondary N) is 1. The van der Waals surface area contributed by atoms with E-state index in [-0.39, 0.29) is 12.5 Å². The molecule has 3 aromatic rings. The lowest BCUT2D eigenvalue weighted by molar-refractivity contribution is -0.118. The summed E-state index contributed by atoms with van der Waals surface area (Å²) in [7, 11) is 0. The monoisotopic (exact) mass is 353 g/mol. The van der Waals surface area contributed by atoms with Gasteiger partial charge in [-0.15, -0.1) is 11.3 Å². The molecule has 0 radical (unpaired) electrons. The van der Waals surface area contributed by atoms with Crippen LogP contribution in [-0.2, 0) is 17.6 Å². The summed E-state index contributed by atoms with van der Waals surface area (Å²) in [6.07, 6.45) is 4.81. The van der Waals surface area contributed by atoms with Gasteiger partial charge in [-0.3, -0.25) is 4.79 Å². The number of anilines is 1. The first kappa shape index (κ1) is 16.0. The van der Waals surface area contributed by atoms with Gasteiger partial charge in [0.1, 0.15) is 11.2 Å². The second kappa shape index (κ2) is 6.44. The minimum atomic E-state index is -0.188. The van der Waals surface area contributed by atoms with E-state index in [0.29, 0.717) is 5.88 Å². The lowest BCUT2D eigenvalue weighted by Crippen LogP contribution is -2.21. The largest absolute Gasteiger partial charge is 0.467 e. The summed E-state index contributed by atoms with van der Waals surface area (Å²) in [6.45, 7) is 3.91. The maximum Gasteiger partial charge on any atom is 0.262 e. The van der Waals surface area contributed by atoms with E-state index < -0.39 is 0 Å². The second-order valence-corrected chi connectivity index (χ2v) is 7.46. The summed E-state index contributed by atoms with van der Waals surface area (Å²) in [5.41, 5.74) is 4.25. The van der Waals surface area contributed by atoms with Crippen LogP contribution in [-0.4, -0.2) is 22.5 Å². The molecule has 2 heterocycles. The van der Waals surface area contributed by atoms with Gasteiger partial charge < -0.3 is 10.1 Å². The highest BCUT2D eigenvalue weighted by Gasteiger charge is 2.22. The smallest absolute Gasteiger partial charge is 0.262 e. The van der Waals surface area contributed by atoms with Crippen LogP contribution in [0.5, 0.6) is 5.88 Å². The number of carbonyl (C=O) groups is 1. The molecule has 0 spiro atoms. The Morgan fingerprint density at radius 1 is 1.28 bits per heavy atom. The average molecular weight is 353 g/mol. The van der Waals surface area contributed by atoms with E-state index in [1.165, 1.54) is 23.2 Å². The number of nitrogens with zero attached hydrogens (tertiary/aromatic N) is 2. The van der Waals surface area contributed by atoms with Crippen molar-refractivity contribution in [2.24, 2.45) is 0 Å². The third-order valence-corrected chi connectivity index (χ3v) is 5.67. The summed E-state index contributed by atoms with van der Waals surface area (Å²) in [6, 6.07) is 5.98. The van der Waals surface area contributed by atoms with Gasteiger partial charge in [-0.25, -0.2) is 9.97 Å². The maximum absolute atomic E-state index is 12.3. The Balaban J connectivity index is 1.51. The molecule has 4 rings (SSSR count). The fourth-order valence-corrected chi connectivity index (χ4v) is 4.42. The number of rotatable bonds is 4. The van der Waals surface area contributed by atoms with Gasteiger partial charge in [-0.05, 0) is 55.9 Å². The lowest BCUT2D eigenvalue weighted by Gasteiger charge is -2.10. The molecule has 0 aliphatic heterocycles. The molecule has 1 N–H and O–H groups in total. The van der Waals surface area contributed by atoms with Crippen molar-refractivity contribution in [3.05, 3.63) is 46.1 Å². The molecule has 1 aliphatic rings. The molecule has 0 atom stereocenters. The van der Waals surface area contributed by atoms with Gasteiger partial charge in [0.2, 0.25) is 5.88 Å². The number of thiophene rings is 1. The molecular formula is C19H19N3O2S. The van der Waals surface area contributed by atoms with E-state index in [4.69, 9.17) is 4.74 Å². The topological polar surface area (TPSA) is 64.1 Å². The van der Waals surface area contributed by atoms with E-state index in [1.54, 1.807) is 11.3 Å². The number of aromatic nitrogens is 2. The normalized spacial score (nSPS) is 13.0. The highest BCUT2D eigenvalue weighted by molar-refractivity contribution is 7.18. The molecule has 2 aromatic heterocycles. The zero-order valence-corrected chi connectivity index (χ0v) is 15.1. The first-order chi connectivity index (χ1) is 12.1. The van der Waals surface area contributed by atoms with Gasteiger partial charge >= 0.3 is 0 Å². The zero-order valence-electron chi connectivity index (χ0n) is 14.3. The molecule has 25 heavy (non-hydrogen) atoms. The number of amides is 1. The number of hydrogen-bond acceptors (Lipinski definition) is 5. The summed E-state index contributed by atoms with van der Waals surface area (Å²) in [4.78, 5) is 23.2. The highest BCUT2D eigenvalue weighted by Crippen LogP contribution is 2.39. The minimum absolute atomic E-state index is 0.0654. The quantitative estimate of drug-likeness (QED) is 0.774. The van der Waals surface area contributed by atoms with E-state index >= 15 is 0 Å².